The van der Waals surface area contributed by atoms with Crippen molar-refractivity contribution >= 4 is 23.4 Å². The van der Waals surface area contributed by atoms with E-state index in [-0.39, 0.29) is 11.8 Å². The van der Waals surface area contributed by atoms with Gasteiger partial charge < -0.3 is 10.6 Å². The molecule has 0 rings (SSSR count). The van der Waals surface area contributed by atoms with Gasteiger partial charge in [0.2, 0.25) is 11.8 Å². The Labute approximate surface area is 102 Å². The lowest BCUT2D eigenvalue weighted by molar-refractivity contribution is -0.123. The molecule has 0 bridgehead atoms. The Hall–Kier alpha value is -0.770. The minimum Gasteiger partial charge on any atom is -0.356 e. The molecular formula is C11H21ClN2O2. The normalized spacial score (nSPS) is 9.88. The van der Waals surface area contributed by atoms with Crippen LogP contribution < -0.4 is 10.6 Å². The maximum atomic E-state index is 11.2. The molecule has 0 unspecified atom stereocenters. The Bertz CT molecular complexity index is 188. The van der Waals surface area contributed by atoms with E-state index in [9.17, 15) is 9.59 Å². The molecular weight excluding hydrogens is 228 g/mol. The first-order chi connectivity index (χ1) is 7.70. The molecule has 0 aliphatic heterocycles. The van der Waals surface area contributed by atoms with E-state index in [0.29, 0.717) is 38.1 Å². The smallest absolute Gasteiger partial charge is 0.220 e. The lowest BCUT2D eigenvalue weighted by Crippen LogP contribution is -2.27. The van der Waals surface area contributed by atoms with Crippen molar-refractivity contribution in [3.05, 3.63) is 0 Å². The number of amides is 2. The van der Waals surface area contributed by atoms with Gasteiger partial charge in [0.25, 0.3) is 0 Å². The van der Waals surface area contributed by atoms with Crippen LogP contribution >= 0.6 is 11.6 Å². The van der Waals surface area contributed by atoms with Gasteiger partial charge in [-0.2, -0.15) is 0 Å². The predicted molar refractivity (Wildman–Crippen MR) is 65.5 cm³/mol. The van der Waals surface area contributed by atoms with Gasteiger partial charge in [-0.05, 0) is 19.3 Å². The van der Waals surface area contributed by atoms with Crippen LogP contribution in [0.3, 0.4) is 0 Å². The summed E-state index contributed by atoms with van der Waals surface area (Å²) in [6.07, 6.45) is 3.26. The fourth-order valence-corrected chi connectivity index (χ4v) is 1.28. The zero-order chi connectivity index (χ0) is 12.2. The van der Waals surface area contributed by atoms with E-state index >= 15 is 0 Å². The summed E-state index contributed by atoms with van der Waals surface area (Å²) in [4.78, 5) is 22.3. The summed E-state index contributed by atoms with van der Waals surface area (Å²) in [7, 11) is 0. The number of nitrogens with one attached hydrogen (secondary N) is 2. The second-order valence-electron chi connectivity index (χ2n) is 3.60. The van der Waals surface area contributed by atoms with Crippen molar-refractivity contribution in [1.29, 1.82) is 0 Å². The lowest BCUT2D eigenvalue weighted by Gasteiger charge is -2.05. The Kier molecular flexibility index (Phi) is 10.2. The third kappa shape index (κ3) is 9.77. The molecule has 0 aliphatic carbocycles. The van der Waals surface area contributed by atoms with E-state index in [2.05, 4.69) is 10.6 Å². The molecule has 94 valence electrons. The van der Waals surface area contributed by atoms with Gasteiger partial charge in [-0.1, -0.05) is 6.92 Å². The summed E-state index contributed by atoms with van der Waals surface area (Å²) < 4.78 is 0. The van der Waals surface area contributed by atoms with Crippen molar-refractivity contribution in [2.24, 2.45) is 0 Å². The van der Waals surface area contributed by atoms with Gasteiger partial charge >= 0.3 is 0 Å². The summed E-state index contributed by atoms with van der Waals surface area (Å²) in [6, 6.07) is 0. The summed E-state index contributed by atoms with van der Waals surface area (Å²) >= 11 is 5.46. The summed E-state index contributed by atoms with van der Waals surface area (Å²) in [6.45, 7) is 3.29. The molecule has 0 saturated heterocycles. The largest absolute Gasteiger partial charge is 0.356 e. The highest BCUT2D eigenvalue weighted by molar-refractivity contribution is 6.17. The summed E-state index contributed by atoms with van der Waals surface area (Å²) in [5, 5.41) is 5.54. The van der Waals surface area contributed by atoms with Gasteiger partial charge in [-0.25, -0.2) is 0 Å². The van der Waals surface area contributed by atoms with E-state index in [1.165, 1.54) is 0 Å². The van der Waals surface area contributed by atoms with Crippen LogP contribution in [0.1, 0.15) is 39.0 Å². The molecule has 5 heteroatoms. The molecule has 2 N–H and O–H groups in total. The first-order valence-corrected chi connectivity index (χ1v) is 6.33. The highest BCUT2D eigenvalue weighted by Gasteiger charge is 2.02. The third-order valence-electron chi connectivity index (χ3n) is 2.01. The molecule has 16 heavy (non-hydrogen) atoms. The van der Waals surface area contributed by atoms with E-state index in [0.717, 1.165) is 13.0 Å². The molecule has 0 aromatic heterocycles. The van der Waals surface area contributed by atoms with E-state index < -0.39 is 0 Å². The number of carbonyl (C=O) groups is 2. The molecule has 0 atom stereocenters. The minimum absolute atomic E-state index is 0.00890. The highest BCUT2D eigenvalue weighted by atomic mass is 35.5. The van der Waals surface area contributed by atoms with Gasteiger partial charge in [0.05, 0.1) is 0 Å². The number of hydrogen-bond donors (Lipinski definition) is 2. The number of carbonyl (C=O) groups excluding carboxylic acids is 2. The van der Waals surface area contributed by atoms with E-state index in [4.69, 9.17) is 11.6 Å². The number of rotatable bonds is 9. The monoisotopic (exact) mass is 248 g/mol. The maximum absolute atomic E-state index is 11.2. The molecule has 0 heterocycles. The molecule has 0 aromatic carbocycles. The Morgan fingerprint density at radius 3 is 2.12 bits per heavy atom. The second-order valence-corrected chi connectivity index (χ2v) is 3.97. The summed E-state index contributed by atoms with van der Waals surface area (Å²) in [5.74, 6) is 0.568. The fourth-order valence-electron chi connectivity index (χ4n) is 1.15. The van der Waals surface area contributed by atoms with E-state index in [1.54, 1.807) is 0 Å². The van der Waals surface area contributed by atoms with Crippen molar-refractivity contribution in [2.45, 2.75) is 39.0 Å². The van der Waals surface area contributed by atoms with Gasteiger partial charge in [0, 0.05) is 31.8 Å². The average molecular weight is 249 g/mol. The van der Waals surface area contributed by atoms with Crippen LogP contribution in [-0.2, 0) is 9.59 Å². The van der Waals surface area contributed by atoms with Crippen LogP contribution in [0.2, 0.25) is 0 Å². The molecule has 0 aliphatic rings. The van der Waals surface area contributed by atoms with Crippen LogP contribution in [0, 0.1) is 0 Å². The predicted octanol–water partition coefficient (Wildman–Crippen LogP) is 1.43. The first-order valence-electron chi connectivity index (χ1n) is 5.80. The van der Waals surface area contributed by atoms with Gasteiger partial charge in [0.15, 0.2) is 0 Å². The van der Waals surface area contributed by atoms with Crippen molar-refractivity contribution < 1.29 is 9.59 Å². The molecule has 0 saturated carbocycles. The third-order valence-corrected chi connectivity index (χ3v) is 2.28. The average Bonchev–Trinajstić information content (AvgIpc) is 2.29. The molecule has 0 fully saturated rings. The SMILES string of the molecule is CCCNC(=O)CCCNC(=O)CCCCl. The van der Waals surface area contributed by atoms with Crippen molar-refractivity contribution in [3.63, 3.8) is 0 Å². The number of alkyl halides is 1. The lowest BCUT2D eigenvalue weighted by atomic mass is 10.2. The first kappa shape index (κ1) is 15.2. The number of halogens is 1. The van der Waals surface area contributed by atoms with Crippen molar-refractivity contribution in [1.82, 2.24) is 10.6 Å². The van der Waals surface area contributed by atoms with E-state index in [1.807, 2.05) is 6.92 Å². The highest BCUT2D eigenvalue weighted by Crippen LogP contribution is 1.92. The van der Waals surface area contributed by atoms with Crippen LogP contribution in [0.5, 0.6) is 0 Å². The molecule has 4 nitrogen and oxygen atoms in total. The standard InChI is InChI=1S/C11H21ClN2O2/c1-2-8-13-11(16)6-4-9-14-10(15)5-3-7-12/h2-9H2,1H3,(H,13,16)(H,14,15). The zero-order valence-corrected chi connectivity index (χ0v) is 10.6. The van der Waals surface area contributed by atoms with Crippen LogP contribution in [0.25, 0.3) is 0 Å². The van der Waals surface area contributed by atoms with Crippen molar-refractivity contribution in [2.75, 3.05) is 19.0 Å². The summed E-state index contributed by atoms with van der Waals surface area (Å²) in [5.41, 5.74) is 0. The van der Waals surface area contributed by atoms with Crippen LogP contribution in [0.4, 0.5) is 0 Å². The Morgan fingerprint density at radius 1 is 1.00 bits per heavy atom. The van der Waals surface area contributed by atoms with Gasteiger partial charge in [0.1, 0.15) is 0 Å². The van der Waals surface area contributed by atoms with Crippen LogP contribution in [0.15, 0.2) is 0 Å². The van der Waals surface area contributed by atoms with Gasteiger partial charge in [-0.15, -0.1) is 11.6 Å². The Morgan fingerprint density at radius 2 is 1.56 bits per heavy atom. The molecule has 0 aromatic rings. The Balaban J connectivity index is 3.31. The number of hydrogen-bond acceptors (Lipinski definition) is 2. The maximum Gasteiger partial charge on any atom is 0.220 e. The quantitative estimate of drug-likeness (QED) is 0.479. The van der Waals surface area contributed by atoms with Gasteiger partial charge in [-0.3, -0.25) is 9.59 Å². The molecule has 0 spiro atoms. The van der Waals surface area contributed by atoms with Crippen LogP contribution in [-0.4, -0.2) is 30.8 Å². The second kappa shape index (κ2) is 10.7. The molecule has 2 amide bonds. The van der Waals surface area contributed by atoms with Crippen molar-refractivity contribution in [3.8, 4) is 0 Å². The molecule has 0 radical (unpaired) electrons. The fraction of sp³-hybridized carbons (Fsp3) is 0.818. The zero-order valence-electron chi connectivity index (χ0n) is 9.85. The minimum atomic E-state index is 0.00890. The topological polar surface area (TPSA) is 58.2 Å².